The van der Waals surface area contributed by atoms with Crippen LogP contribution >= 0.6 is 0 Å². The molecule has 2 heterocycles. The van der Waals surface area contributed by atoms with Gasteiger partial charge in [0.1, 0.15) is 11.9 Å². The van der Waals surface area contributed by atoms with Crippen LogP contribution in [0.1, 0.15) is 11.3 Å². The van der Waals surface area contributed by atoms with E-state index in [1.165, 1.54) is 0 Å². The first-order chi connectivity index (χ1) is 10.3. The number of hydrogen-bond acceptors (Lipinski definition) is 4. The van der Waals surface area contributed by atoms with Gasteiger partial charge in [-0.2, -0.15) is 10.4 Å². The summed E-state index contributed by atoms with van der Waals surface area (Å²) in [6.45, 7) is 1.97. The van der Waals surface area contributed by atoms with E-state index in [4.69, 9.17) is 5.26 Å². The highest BCUT2D eigenvalue weighted by atomic mass is 15.3. The van der Waals surface area contributed by atoms with Gasteiger partial charge in [0.15, 0.2) is 0 Å². The van der Waals surface area contributed by atoms with E-state index >= 15 is 0 Å². The van der Waals surface area contributed by atoms with E-state index in [2.05, 4.69) is 21.5 Å². The minimum atomic E-state index is 0.504. The van der Waals surface area contributed by atoms with Crippen molar-refractivity contribution in [2.45, 2.75) is 6.92 Å². The van der Waals surface area contributed by atoms with Crippen LogP contribution < -0.4 is 5.32 Å². The monoisotopic (exact) mass is 275 g/mol. The molecule has 0 bridgehead atoms. The molecule has 21 heavy (non-hydrogen) atoms. The van der Waals surface area contributed by atoms with Gasteiger partial charge in [0.2, 0.25) is 0 Å². The molecule has 0 amide bonds. The van der Waals surface area contributed by atoms with Gasteiger partial charge in [-0.1, -0.05) is 18.2 Å². The zero-order valence-electron chi connectivity index (χ0n) is 11.5. The highest BCUT2D eigenvalue weighted by Gasteiger charge is 2.10. The quantitative estimate of drug-likeness (QED) is 0.797. The third kappa shape index (κ3) is 2.47. The lowest BCUT2D eigenvalue weighted by atomic mass is 10.2. The molecule has 0 atom stereocenters. The molecule has 0 aliphatic carbocycles. The van der Waals surface area contributed by atoms with Crippen molar-refractivity contribution in [2.24, 2.45) is 0 Å². The second-order valence-corrected chi connectivity index (χ2v) is 4.53. The average Bonchev–Trinajstić information content (AvgIpc) is 2.90. The molecule has 0 aliphatic rings. The van der Waals surface area contributed by atoms with Crippen LogP contribution in [-0.2, 0) is 0 Å². The molecule has 3 aromatic rings. The minimum absolute atomic E-state index is 0.504. The number of aromatic nitrogens is 3. The molecule has 0 saturated heterocycles. The van der Waals surface area contributed by atoms with Crippen molar-refractivity contribution in [2.75, 3.05) is 5.32 Å². The Balaban J connectivity index is 1.95. The SMILES string of the molecule is Cc1c(Nc2ncccc2C#N)cnn1-c1ccccc1. The van der Waals surface area contributed by atoms with E-state index in [0.29, 0.717) is 11.4 Å². The van der Waals surface area contributed by atoms with E-state index in [9.17, 15) is 0 Å². The van der Waals surface area contributed by atoms with E-state index in [-0.39, 0.29) is 0 Å². The van der Waals surface area contributed by atoms with Crippen LogP contribution in [0.15, 0.2) is 54.9 Å². The molecule has 3 rings (SSSR count). The van der Waals surface area contributed by atoms with Crippen molar-refractivity contribution in [3.8, 4) is 11.8 Å². The lowest BCUT2D eigenvalue weighted by molar-refractivity contribution is 0.847. The largest absolute Gasteiger partial charge is 0.336 e. The van der Waals surface area contributed by atoms with Crippen LogP contribution in [0.25, 0.3) is 5.69 Å². The molecule has 0 spiro atoms. The van der Waals surface area contributed by atoms with Crippen LogP contribution in [0.2, 0.25) is 0 Å². The first kappa shape index (κ1) is 12.9. The van der Waals surface area contributed by atoms with Crippen molar-refractivity contribution in [1.82, 2.24) is 14.8 Å². The van der Waals surface area contributed by atoms with Gasteiger partial charge in [0.05, 0.1) is 28.8 Å². The number of benzene rings is 1. The smallest absolute Gasteiger partial charge is 0.148 e. The number of hydrogen-bond donors (Lipinski definition) is 1. The zero-order valence-corrected chi connectivity index (χ0v) is 11.5. The van der Waals surface area contributed by atoms with Gasteiger partial charge in [-0.15, -0.1) is 0 Å². The summed E-state index contributed by atoms with van der Waals surface area (Å²) in [5, 5.41) is 16.6. The second-order valence-electron chi connectivity index (χ2n) is 4.53. The molecular formula is C16H13N5. The fraction of sp³-hybridized carbons (Fsp3) is 0.0625. The highest BCUT2D eigenvalue weighted by molar-refractivity contribution is 5.64. The molecule has 102 valence electrons. The number of nitriles is 1. The summed E-state index contributed by atoms with van der Waals surface area (Å²) in [5.41, 5.74) is 3.28. The summed E-state index contributed by atoms with van der Waals surface area (Å²) < 4.78 is 1.84. The minimum Gasteiger partial charge on any atom is -0.336 e. The maximum absolute atomic E-state index is 9.10. The van der Waals surface area contributed by atoms with Crippen LogP contribution in [0.5, 0.6) is 0 Å². The summed E-state index contributed by atoms with van der Waals surface area (Å²) in [6, 6.07) is 15.5. The molecule has 0 radical (unpaired) electrons. The molecule has 1 aromatic carbocycles. The van der Waals surface area contributed by atoms with E-state index in [1.54, 1.807) is 24.5 Å². The number of rotatable bonds is 3. The topological polar surface area (TPSA) is 66.5 Å². The van der Waals surface area contributed by atoms with Crippen LogP contribution in [0.4, 0.5) is 11.5 Å². The molecule has 0 fully saturated rings. The van der Waals surface area contributed by atoms with Crippen LogP contribution in [0, 0.1) is 18.3 Å². The fourth-order valence-electron chi connectivity index (χ4n) is 2.08. The van der Waals surface area contributed by atoms with Gasteiger partial charge in [0, 0.05) is 6.20 Å². The Morgan fingerprint density at radius 3 is 2.71 bits per heavy atom. The van der Waals surface area contributed by atoms with Crippen molar-refractivity contribution in [3.63, 3.8) is 0 Å². The summed E-state index contributed by atoms with van der Waals surface area (Å²) in [6.07, 6.45) is 3.39. The lowest BCUT2D eigenvalue weighted by Gasteiger charge is -2.07. The molecule has 0 unspecified atom stereocenters. The van der Waals surface area contributed by atoms with Crippen LogP contribution in [0.3, 0.4) is 0 Å². The van der Waals surface area contributed by atoms with Gasteiger partial charge >= 0.3 is 0 Å². The van der Waals surface area contributed by atoms with Gasteiger partial charge in [-0.25, -0.2) is 9.67 Å². The predicted molar refractivity (Wildman–Crippen MR) is 80.5 cm³/mol. The lowest BCUT2D eigenvalue weighted by Crippen LogP contribution is -2.00. The maximum Gasteiger partial charge on any atom is 0.148 e. The van der Waals surface area contributed by atoms with Crippen LogP contribution in [-0.4, -0.2) is 14.8 Å². The van der Waals surface area contributed by atoms with Crippen molar-refractivity contribution in [3.05, 3.63) is 66.1 Å². The number of anilines is 2. The Morgan fingerprint density at radius 2 is 1.95 bits per heavy atom. The Labute approximate surface area is 122 Å². The number of nitrogens with zero attached hydrogens (tertiary/aromatic N) is 4. The van der Waals surface area contributed by atoms with Crippen molar-refractivity contribution in [1.29, 1.82) is 5.26 Å². The normalized spacial score (nSPS) is 10.1. The average molecular weight is 275 g/mol. The Morgan fingerprint density at radius 1 is 1.14 bits per heavy atom. The number of pyridine rings is 1. The van der Waals surface area contributed by atoms with Crippen molar-refractivity contribution >= 4 is 11.5 Å². The third-order valence-electron chi connectivity index (χ3n) is 3.19. The zero-order chi connectivity index (χ0) is 14.7. The first-order valence-electron chi connectivity index (χ1n) is 6.52. The molecule has 1 N–H and O–H groups in total. The molecular weight excluding hydrogens is 262 g/mol. The number of para-hydroxylation sites is 1. The number of nitrogens with one attached hydrogen (secondary N) is 1. The standard InChI is InChI=1S/C16H13N5/c1-12-15(20-16-13(10-17)6-5-9-18-16)11-19-21(12)14-7-3-2-4-8-14/h2-9,11H,1H3,(H,18,20). The van der Waals surface area contributed by atoms with Gasteiger partial charge in [-0.05, 0) is 31.2 Å². The Kier molecular flexibility index (Phi) is 3.36. The molecule has 5 heteroatoms. The third-order valence-corrected chi connectivity index (χ3v) is 3.19. The maximum atomic E-state index is 9.10. The van der Waals surface area contributed by atoms with E-state index < -0.39 is 0 Å². The fourth-order valence-corrected chi connectivity index (χ4v) is 2.08. The van der Waals surface area contributed by atoms with E-state index in [0.717, 1.165) is 17.1 Å². The second kappa shape index (κ2) is 5.47. The van der Waals surface area contributed by atoms with Crippen molar-refractivity contribution < 1.29 is 0 Å². The van der Waals surface area contributed by atoms with Gasteiger partial charge in [-0.3, -0.25) is 0 Å². The summed E-state index contributed by atoms with van der Waals surface area (Å²) >= 11 is 0. The highest BCUT2D eigenvalue weighted by Crippen LogP contribution is 2.22. The predicted octanol–water partition coefficient (Wildman–Crippen LogP) is 3.19. The summed E-state index contributed by atoms with van der Waals surface area (Å²) in [5.74, 6) is 0.538. The summed E-state index contributed by atoms with van der Waals surface area (Å²) in [4.78, 5) is 4.20. The Bertz CT molecular complexity index is 799. The first-order valence-corrected chi connectivity index (χ1v) is 6.52. The Hall–Kier alpha value is -3.13. The molecule has 5 nitrogen and oxygen atoms in total. The summed E-state index contributed by atoms with van der Waals surface area (Å²) in [7, 11) is 0. The molecule has 0 aliphatic heterocycles. The molecule has 2 aromatic heterocycles. The van der Waals surface area contributed by atoms with Gasteiger partial charge < -0.3 is 5.32 Å². The van der Waals surface area contributed by atoms with Gasteiger partial charge in [0.25, 0.3) is 0 Å². The molecule has 0 saturated carbocycles. The van der Waals surface area contributed by atoms with E-state index in [1.807, 2.05) is 41.9 Å².